The van der Waals surface area contributed by atoms with Gasteiger partial charge in [0.15, 0.2) is 0 Å². The third-order valence-corrected chi connectivity index (χ3v) is 8.87. The van der Waals surface area contributed by atoms with Crippen LogP contribution in [0.3, 0.4) is 0 Å². The first kappa shape index (κ1) is 36.0. The number of hydrogen-bond acceptors (Lipinski definition) is 8. The van der Waals surface area contributed by atoms with Crippen molar-refractivity contribution in [3.8, 4) is 5.75 Å². The Kier molecular flexibility index (Phi) is 12.7. The second-order valence-corrected chi connectivity index (χ2v) is 12.4. The van der Waals surface area contributed by atoms with Crippen LogP contribution in [0.25, 0.3) is 0 Å². The second-order valence-electron chi connectivity index (χ2n) is 12.4. The zero-order valence-corrected chi connectivity index (χ0v) is 27.4. The average molecular weight is 638 g/mol. The van der Waals surface area contributed by atoms with Crippen LogP contribution in [0.15, 0.2) is 48.8 Å². The van der Waals surface area contributed by atoms with Crippen LogP contribution in [0.2, 0.25) is 0 Å². The predicted molar refractivity (Wildman–Crippen MR) is 171 cm³/mol. The molecule has 250 valence electrons. The lowest BCUT2D eigenvalue weighted by Crippen LogP contribution is -2.58. The highest BCUT2D eigenvalue weighted by Gasteiger charge is 2.66. The Labute approximate surface area is 270 Å². The van der Waals surface area contributed by atoms with Gasteiger partial charge in [-0.25, -0.2) is 4.79 Å². The average Bonchev–Trinajstić information content (AvgIpc) is 3.60. The van der Waals surface area contributed by atoms with Crippen LogP contribution in [-0.4, -0.2) is 59.0 Å². The summed E-state index contributed by atoms with van der Waals surface area (Å²) in [7, 11) is 0. The third-order valence-electron chi connectivity index (χ3n) is 8.87. The Hall–Kier alpha value is -4.48. The number of hydrogen-bond donors (Lipinski definition) is 4. The van der Waals surface area contributed by atoms with Crippen molar-refractivity contribution >= 4 is 29.6 Å². The molecule has 0 spiro atoms. The first-order chi connectivity index (χ1) is 21.8. The molecule has 46 heavy (non-hydrogen) atoms. The lowest BCUT2D eigenvalue weighted by atomic mass is 9.95. The van der Waals surface area contributed by atoms with Gasteiger partial charge in [0.2, 0.25) is 30.4 Å². The number of carbonyl (C=O) groups is 5. The van der Waals surface area contributed by atoms with E-state index in [1.54, 1.807) is 56.4 Å². The van der Waals surface area contributed by atoms with E-state index in [9.17, 15) is 24.0 Å². The van der Waals surface area contributed by atoms with Crippen LogP contribution in [0.5, 0.6) is 5.75 Å². The highest BCUT2D eigenvalue weighted by Crippen LogP contribution is 2.55. The minimum Gasteiger partial charge on any atom is -0.457 e. The SMILES string of the molecule is CCCCCC(=O)NC(Cc1ccc(OCOC(=O)c2cccnc2)cc1)C(=O)NC(C(=O)NC1(C)CC1(C)C(N)=O)C(C)CC. The molecule has 12 heteroatoms. The molecule has 1 heterocycles. The molecule has 4 amide bonds. The minimum absolute atomic E-state index is 0.161. The number of amides is 4. The van der Waals surface area contributed by atoms with Gasteiger partial charge in [-0.3, -0.25) is 24.2 Å². The van der Waals surface area contributed by atoms with E-state index in [1.807, 2.05) is 20.8 Å². The standard InChI is InChI=1S/C34H47N5O7/c1-6-8-9-12-27(40)37-26(18-23-13-15-25(16-14-23)45-21-46-31(43)24-11-10-17-36-19-24)29(41)38-28(22(3)7-2)30(42)39-34(5)20-33(34,4)32(35)44/h10-11,13-17,19,22,26,28H,6-9,12,18,20-21H2,1-5H3,(H2,35,44)(H,37,40)(H,38,41)(H,39,42). The predicted octanol–water partition coefficient (Wildman–Crippen LogP) is 3.18. The van der Waals surface area contributed by atoms with Gasteiger partial charge in [-0.1, -0.05) is 52.2 Å². The van der Waals surface area contributed by atoms with Gasteiger partial charge in [0.25, 0.3) is 0 Å². The number of esters is 1. The number of ether oxygens (including phenoxy) is 2. The molecule has 1 aliphatic rings. The van der Waals surface area contributed by atoms with Crippen molar-refractivity contribution < 1.29 is 33.4 Å². The number of unbranched alkanes of at least 4 members (excludes halogenated alkanes) is 2. The number of nitrogens with two attached hydrogens (primary N) is 1. The quantitative estimate of drug-likeness (QED) is 0.109. The van der Waals surface area contributed by atoms with E-state index in [0.717, 1.165) is 18.4 Å². The minimum atomic E-state index is -0.951. The molecule has 0 radical (unpaired) electrons. The Bertz CT molecular complexity index is 1370. The fraction of sp³-hybridized carbons (Fsp3) is 0.529. The van der Waals surface area contributed by atoms with Gasteiger partial charge in [-0.15, -0.1) is 0 Å². The number of nitrogens with zero attached hydrogens (tertiary/aromatic N) is 1. The molecule has 5 unspecified atom stereocenters. The third kappa shape index (κ3) is 9.51. The monoisotopic (exact) mass is 637 g/mol. The summed E-state index contributed by atoms with van der Waals surface area (Å²) in [6.07, 6.45) is 6.95. The summed E-state index contributed by atoms with van der Waals surface area (Å²) in [6, 6.07) is 8.22. The Balaban J connectivity index is 1.68. The molecule has 0 saturated heterocycles. The van der Waals surface area contributed by atoms with E-state index in [2.05, 4.69) is 20.9 Å². The molecule has 12 nitrogen and oxygen atoms in total. The molecule has 1 aliphatic carbocycles. The smallest absolute Gasteiger partial charge is 0.342 e. The molecule has 1 aromatic carbocycles. The molecule has 1 fully saturated rings. The maximum atomic E-state index is 13.7. The molecule has 0 aliphatic heterocycles. The summed E-state index contributed by atoms with van der Waals surface area (Å²) in [5.41, 5.74) is 4.94. The molecular weight excluding hydrogens is 590 g/mol. The lowest BCUT2D eigenvalue weighted by molar-refractivity contribution is -0.133. The summed E-state index contributed by atoms with van der Waals surface area (Å²) < 4.78 is 10.7. The highest BCUT2D eigenvalue weighted by molar-refractivity contribution is 5.94. The Morgan fingerprint density at radius 1 is 1.00 bits per heavy atom. The Morgan fingerprint density at radius 2 is 1.72 bits per heavy atom. The van der Waals surface area contributed by atoms with Crippen LogP contribution in [0.1, 0.15) is 89.1 Å². The van der Waals surface area contributed by atoms with Crippen LogP contribution in [0.4, 0.5) is 0 Å². The lowest BCUT2D eigenvalue weighted by Gasteiger charge is -2.29. The number of aromatic nitrogens is 1. The number of pyridine rings is 1. The molecule has 3 rings (SSSR count). The fourth-order valence-corrected chi connectivity index (χ4v) is 5.20. The molecule has 2 aromatic rings. The fourth-order valence-electron chi connectivity index (χ4n) is 5.20. The van der Waals surface area contributed by atoms with E-state index in [0.29, 0.717) is 30.6 Å². The summed E-state index contributed by atoms with van der Waals surface area (Å²) >= 11 is 0. The number of nitrogens with one attached hydrogen (secondary N) is 3. The number of primary amides is 1. The molecule has 5 atom stereocenters. The molecule has 5 N–H and O–H groups in total. The van der Waals surface area contributed by atoms with Crippen LogP contribution < -0.4 is 26.4 Å². The first-order valence-corrected chi connectivity index (χ1v) is 15.8. The zero-order valence-electron chi connectivity index (χ0n) is 27.4. The summed E-state index contributed by atoms with van der Waals surface area (Å²) in [5.74, 6) is -2.00. The van der Waals surface area contributed by atoms with Gasteiger partial charge in [0, 0.05) is 25.2 Å². The summed E-state index contributed by atoms with van der Waals surface area (Å²) in [6.45, 7) is 8.99. The van der Waals surface area contributed by atoms with Gasteiger partial charge in [0.1, 0.15) is 17.8 Å². The van der Waals surface area contributed by atoms with Crippen LogP contribution >= 0.6 is 0 Å². The van der Waals surface area contributed by atoms with Gasteiger partial charge in [0.05, 0.1) is 16.5 Å². The molecular formula is C34H47N5O7. The number of benzene rings is 1. The normalized spacial score (nSPS) is 20.4. The molecule has 0 bridgehead atoms. The molecule has 1 saturated carbocycles. The topological polar surface area (TPSA) is 179 Å². The zero-order chi connectivity index (χ0) is 33.9. The first-order valence-electron chi connectivity index (χ1n) is 15.8. The van der Waals surface area contributed by atoms with E-state index in [4.69, 9.17) is 15.2 Å². The van der Waals surface area contributed by atoms with E-state index >= 15 is 0 Å². The van der Waals surface area contributed by atoms with E-state index in [-0.39, 0.29) is 31.5 Å². The van der Waals surface area contributed by atoms with Crippen LogP contribution in [-0.2, 0) is 30.3 Å². The van der Waals surface area contributed by atoms with Gasteiger partial charge >= 0.3 is 5.97 Å². The second kappa shape index (κ2) is 16.2. The largest absolute Gasteiger partial charge is 0.457 e. The number of rotatable bonds is 18. The van der Waals surface area contributed by atoms with Crippen molar-refractivity contribution in [3.63, 3.8) is 0 Å². The summed E-state index contributed by atoms with van der Waals surface area (Å²) in [4.78, 5) is 67.9. The highest BCUT2D eigenvalue weighted by atomic mass is 16.7. The van der Waals surface area contributed by atoms with Crippen LogP contribution in [0, 0.1) is 11.3 Å². The van der Waals surface area contributed by atoms with Crippen molar-refractivity contribution in [1.82, 2.24) is 20.9 Å². The van der Waals surface area contributed by atoms with Gasteiger partial charge < -0.3 is 31.2 Å². The van der Waals surface area contributed by atoms with Gasteiger partial charge in [-0.05, 0) is 62.4 Å². The van der Waals surface area contributed by atoms with Crippen molar-refractivity contribution in [2.45, 2.75) is 97.2 Å². The number of carbonyl (C=O) groups excluding carboxylic acids is 5. The Morgan fingerprint density at radius 3 is 2.30 bits per heavy atom. The van der Waals surface area contributed by atoms with Crippen molar-refractivity contribution in [2.24, 2.45) is 17.1 Å². The van der Waals surface area contributed by atoms with E-state index in [1.165, 1.54) is 6.20 Å². The maximum Gasteiger partial charge on any atom is 0.342 e. The van der Waals surface area contributed by atoms with E-state index < -0.39 is 46.7 Å². The van der Waals surface area contributed by atoms with Crippen molar-refractivity contribution in [2.75, 3.05) is 6.79 Å². The van der Waals surface area contributed by atoms with Crippen molar-refractivity contribution in [1.29, 1.82) is 0 Å². The molecule has 1 aromatic heterocycles. The van der Waals surface area contributed by atoms with Gasteiger partial charge in [-0.2, -0.15) is 0 Å². The summed E-state index contributed by atoms with van der Waals surface area (Å²) in [5, 5.41) is 8.66. The van der Waals surface area contributed by atoms with Crippen molar-refractivity contribution in [3.05, 3.63) is 59.9 Å². The maximum absolute atomic E-state index is 13.7.